The first-order chi connectivity index (χ1) is 36.8. The molecule has 0 saturated heterocycles. The third-order valence-corrected chi connectivity index (χ3v) is 12.8. The van der Waals surface area contributed by atoms with Crippen LogP contribution in [0.5, 0.6) is 0 Å². The van der Waals surface area contributed by atoms with E-state index in [2.05, 4.69) is 88.9 Å². The number of carbonyl (C=O) groups excluding carboxylic acids is 3. The maximum Gasteiger partial charge on any atom is 0.416 e. The first kappa shape index (κ1) is 53.9. The second kappa shape index (κ2) is 23.0. The van der Waals surface area contributed by atoms with Crippen molar-refractivity contribution in [3.8, 4) is 6.07 Å². The lowest BCUT2D eigenvalue weighted by Crippen LogP contribution is -2.08. The third kappa shape index (κ3) is 13.5. The number of rotatable bonds is 13. The number of hydrogen-bond acceptors (Lipinski definition) is 4. The molecular weight excluding hydrogens is 993 g/mol. The Hall–Kier alpha value is -9.36. The molecule has 3 aromatic heterocycles. The molecule has 3 amide bonds. The fourth-order valence-electron chi connectivity index (χ4n) is 8.92. The van der Waals surface area contributed by atoms with Crippen LogP contribution in [-0.2, 0) is 46.4 Å². The van der Waals surface area contributed by atoms with Gasteiger partial charge in [-0.05, 0) is 157 Å². The Balaban J connectivity index is 0.000000153. The molecule has 3 N–H and O–H groups in total. The second-order valence-electron chi connectivity index (χ2n) is 18.4. The van der Waals surface area contributed by atoms with E-state index in [0.717, 1.165) is 64.4 Å². The normalized spacial score (nSPS) is 12.1. The van der Waals surface area contributed by atoms with Crippen LogP contribution in [0.25, 0.3) is 32.7 Å². The van der Waals surface area contributed by atoms with Gasteiger partial charge in [0.1, 0.15) is 6.07 Å². The zero-order chi connectivity index (χ0) is 55.0. The quantitative estimate of drug-likeness (QED) is 0.0785. The number of halogens is 6. The van der Waals surface area contributed by atoms with E-state index in [1.807, 2.05) is 41.8 Å². The fraction of sp³-hybridized carbons (Fsp3) is 0.148. The van der Waals surface area contributed by atoms with Gasteiger partial charge in [0.2, 0.25) is 17.7 Å². The summed E-state index contributed by atoms with van der Waals surface area (Å²) in [5.41, 5.74) is 8.43. The van der Waals surface area contributed by atoms with Crippen molar-refractivity contribution in [2.24, 2.45) is 0 Å². The molecule has 77 heavy (non-hydrogen) atoms. The van der Waals surface area contributed by atoms with Crippen molar-refractivity contribution in [1.29, 1.82) is 5.26 Å². The van der Waals surface area contributed by atoms with Crippen LogP contribution in [0.2, 0.25) is 0 Å². The molecule has 1 saturated carbocycles. The first-order valence-electron chi connectivity index (χ1n) is 24.3. The van der Waals surface area contributed by atoms with Crippen molar-refractivity contribution < 1.29 is 40.7 Å². The number of benzene rings is 6. The summed E-state index contributed by atoms with van der Waals surface area (Å²) in [6, 6.07) is 41.9. The predicted molar refractivity (Wildman–Crippen MR) is 290 cm³/mol. The molecule has 16 heteroatoms. The fourth-order valence-corrected chi connectivity index (χ4v) is 8.92. The highest BCUT2D eigenvalue weighted by molar-refractivity contribution is 6.02. The van der Waals surface area contributed by atoms with Crippen LogP contribution in [0.4, 0.5) is 43.4 Å². The van der Waals surface area contributed by atoms with E-state index in [1.54, 1.807) is 47.2 Å². The van der Waals surface area contributed by atoms with Crippen LogP contribution in [0.15, 0.2) is 190 Å². The number of anilines is 3. The Morgan fingerprint density at radius 1 is 0.584 bits per heavy atom. The zero-order valence-electron chi connectivity index (χ0n) is 41.7. The van der Waals surface area contributed by atoms with Gasteiger partial charge in [0.05, 0.1) is 16.7 Å². The van der Waals surface area contributed by atoms with Gasteiger partial charge in [0.25, 0.3) is 0 Å². The van der Waals surface area contributed by atoms with E-state index in [1.165, 1.54) is 59.8 Å². The lowest BCUT2D eigenvalue weighted by molar-refractivity contribution is -0.138. The summed E-state index contributed by atoms with van der Waals surface area (Å²) >= 11 is 0. The number of nitrogens with zero attached hydrogens (tertiary/aromatic N) is 4. The van der Waals surface area contributed by atoms with Crippen LogP contribution in [-0.4, -0.2) is 31.4 Å². The molecule has 0 spiro atoms. The second-order valence-corrected chi connectivity index (χ2v) is 18.4. The highest BCUT2D eigenvalue weighted by Crippen LogP contribution is 2.40. The van der Waals surface area contributed by atoms with Crippen LogP contribution in [0.1, 0.15) is 63.4 Å². The number of aryl methyl sites for hydroxylation is 1. The predicted octanol–water partition coefficient (Wildman–Crippen LogP) is 14.5. The standard InChI is InChI=1S/C21H20N2O.C20H14F3N3O.C20H17F3N2O/c1-2-21(24)22-19-8-9-20-18(13-19)10-11-23(20)14-15-4-3-5-17(12-15)16-6-7-16;1-2-19(27)25-16-6-7-18-17(9-16)14(10-24)12-26(18)11-13-4-3-5-15(8-13)20(21,22)23;1-3-19(26)24-17-7-8-18-15(11-17)9-13(2)25(18)12-14-5-4-6-16(10-14)20(21,22)23/h2-5,8-13,16H,1,6-7,14H2,(H,22,24);2-9,12H,1,11H2,(H,25,27);3-11H,1,12H2,2H3,(H,24,26). The summed E-state index contributed by atoms with van der Waals surface area (Å²) < 4.78 is 83.3. The smallest absolute Gasteiger partial charge is 0.343 e. The third-order valence-electron chi connectivity index (χ3n) is 12.8. The van der Waals surface area contributed by atoms with Crippen molar-refractivity contribution in [2.45, 2.75) is 57.7 Å². The number of carbonyl (C=O) groups is 3. The Morgan fingerprint density at radius 2 is 1.08 bits per heavy atom. The molecule has 0 bridgehead atoms. The van der Waals surface area contributed by atoms with Gasteiger partial charge in [0, 0.05) is 87.5 Å². The highest BCUT2D eigenvalue weighted by Gasteiger charge is 2.31. The van der Waals surface area contributed by atoms with Gasteiger partial charge in [0.15, 0.2) is 0 Å². The molecule has 390 valence electrons. The minimum absolute atomic E-state index is 0.181. The van der Waals surface area contributed by atoms with Crippen LogP contribution >= 0.6 is 0 Å². The average Bonchev–Trinajstić information content (AvgIpc) is 4.06. The molecule has 0 atom stereocenters. The highest BCUT2D eigenvalue weighted by atomic mass is 19.4. The van der Waals surface area contributed by atoms with Crippen LogP contribution < -0.4 is 16.0 Å². The van der Waals surface area contributed by atoms with Gasteiger partial charge >= 0.3 is 12.4 Å². The average molecular weight is 1040 g/mol. The molecule has 9 aromatic rings. The lowest BCUT2D eigenvalue weighted by atomic mass is 10.1. The Kier molecular flexibility index (Phi) is 16.1. The summed E-state index contributed by atoms with van der Waals surface area (Å²) in [5, 5.41) is 20.1. The Morgan fingerprint density at radius 3 is 1.62 bits per heavy atom. The van der Waals surface area contributed by atoms with E-state index < -0.39 is 23.5 Å². The van der Waals surface area contributed by atoms with Crippen molar-refractivity contribution in [1.82, 2.24) is 13.7 Å². The number of hydrogen-bond donors (Lipinski definition) is 3. The summed E-state index contributed by atoms with van der Waals surface area (Å²) in [5.74, 6) is -0.0891. The molecule has 0 aliphatic heterocycles. The maximum atomic E-state index is 12.9. The molecule has 0 radical (unpaired) electrons. The van der Waals surface area contributed by atoms with E-state index >= 15 is 0 Å². The van der Waals surface area contributed by atoms with Crippen LogP contribution in [0, 0.1) is 18.3 Å². The molecule has 6 aromatic carbocycles. The minimum atomic E-state index is -4.41. The minimum Gasteiger partial charge on any atom is -0.343 e. The topological polar surface area (TPSA) is 126 Å². The van der Waals surface area contributed by atoms with E-state index in [4.69, 9.17) is 0 Å². The molecular formula is C61H51F6N7O3. The largest absolute Gasteiger partial charge is 0.416 e. The monoisotopic (exact) mass is 1040 g/mol. The molecule has 1 fully saturated rings. The molecule has 3 heterocycles. The summed E-state index contributed by atoms with van der Waals surface area (Å²) in [6.07, 6.45) is 1.18. The maximum absolute atomic E-state index is 12.9. The van der Waals surface area contributed by atoms with Gasteiger partial charge in [-0.25, -0.2) is 0 Å². The number of amides is 3. The van der Waals surface area contributed by atoms with Crippen molar-refractivity contribution >= 4 is 67.5 Å². The first-order valence-corrected chi connectivity index (χ1v) is 24.3. The van der Waals surface area contributed by atoms with Gasteiger partial charge in [-0.1, -0.05) is 68.3 Å². The number of nitrogens with one attached hydrogen (secondary N) is 3. The molecule has 0 unspecified atom stereocenters. The van der Waals surface area contributed by atoms with Gasteiger partial charge in [-0.2, -0.15) is 31.6 Å². The SMILES string of the molecule is C=CC(=O)Nc1ccc2c(c1)c(C#N)cn2Cc1cccc(C(F)(F)F)c1.C=CC(=O)Nc1ccc2c(c1)cc(C)n2Cc1cccc(C(F)(F)F)c1.C=CC(=O)Nc1ccc2c(ccn2Cc2cccc(C3CC3)c2)c1. The van der Waals surface area contributed by atoms with Crippen molar-refractivity contribution in [2.75, 3.05) is 16.0 Å². The van der Waals surface area contributed by atoms with Crippen molar-refractivity contribution in [3.05, 3.63) is 235 Å². The van der Waals surface area contributed by atoms with Gasteiger partial charge in [-0.15, -0.1) is 0 Å². The number of aromatic nitrogens is 3. The molecule has 1 aliphatic carbocycles. The van der Waals surface area contributed by atoms with E-state index in [-0.39, 0.29) is 24.3 Å². The van der Waals surface area contributed by atoms with E-state index in [9.17, 15) is 46.0 Å². The van der Waals surface area contributed by atoms with E-state index in [0.29, 0.717) is 45.5 Å². The Bertz CT molecular complexity index is 3760. The van der Waals surface area contributed by atoms with Gasteiger partial charge in [-0.3, -0.25) is 14.4 Å². The van der Waals surface area contributed by atoms with Crippen LogP contribution in [0.3, 0.4) is 0 Å². The number of fused-ring (bicyclic) bond motifs is 3. The number of nitriles is 1. The molecule has 10 rings (SSSR count). The lowest BCUT2D eigenvalue weighted by Gasteiger charge is -2.12. The zero-order valence-corrected chi connectivity index (χ0v) is 41.7. The number of alkyl halides is 6. The van der Waals surface area contributed by atoms with Gasteiger partial charge < -0.3 is 29.7 Å². The summed E-state index contributed by atoms with van der Waals surface area (Å²) in [7, 11) is 0. The van der Waals surface area contributed by atoms with Crippen molar-refractivity contribution in [3.63, 3.8) is 0 Å². The summed E-state index contributed by atoms with van der Waals surface area (Å²) in [6.45, 7) is 13.5. The summed E-state index contributed by atoms with van der Waals surface area (Å²) in [4.78, 5) is 34.3. The molecule has 10 nitrogen and oxygen atoms in total. The molecule has 1 aliphatic rings. The Labute approximate surface area is 439 Å².